The van der Waals surface area contributed by atoms with Crippen molar-refractivity contribution in [3.05, 3.63) is 28.2 Å². The van der Waals surface area contributed by atoms with Crippen LogP contribution in [0.3, 0.4) is 0 Å². The van der Waals surface area contributed by atoms with Gasteiger partial charge in [-0.1, -0.05) is 15.9 Å². The Morgan fingerprint density at radius 3 is 2.85 bits per heavy atom. The van der Waals surface area contributed by atoms with Crippen molar-refractivity contribution in [1.82, 2.24) is 0 Å². The SMILES string of the molecule is Cc1cc(Br)ccc1OC(=O)CO. The summed E-state index contributed by atoms with van der Waals surface area (Å²) < 4.78 is 5.76. The molecule has 0 fully saturated rings. The van der Waals surface area contributed by atoms with Crippen LogP contribution >= 0.6 is 15.9 Å². The fraction of sp³-hybridized carbons (Fsp3) is 0.222. The second-order valence-corrected chi connectivity index (χ2v) is 3.46. The van der Waals surface area contributed by atoms with Gasteiger partial charge in [-0.3, -0.25) is 0 Å². The monoisotopic (exact) mass is 244 g/mol. The molecule has 0 aliphatic heterocycles. The Hall–Kier alpha value is -0.870. The summed E-state index contributed by atoms with van der Waals surface area (Å²) in [4.78, 5) is 10.7. The standard InChI is InChI=1S/C9H9BrO3/c1-6-4-7(10)2-3-8(6)13-9(12)5-11/h2-4,11H,5H2,1H3. The van der Waals surface area contributed by atoms with Gasteiger partial charge < -0.3 is 9.84 Å². The number of hydrogen-bond donors (Lipinski definition) is 1. The van der Waals surface area contributed by atoms with Gasteiger partial charge in [0.05, 0.1) is 0 Å². The largest absolute Gasteiger partial charge is 0.425 e. The van der Waals surface area contributed by atoms with Crippen LogP contribution in [0.2, 0.25) is 0 Å². The highest BCUT2D eigenvalue weighted by Gasteiger charge is 2.05. The molecule has 13 heavy (non-hydrogen) atoms. The molecule has 0 aliphatic carbocycles. The summed E-state index contributed by atoms with van der Waals surface area (Å²) in [5.74, 6) is -0.173. The first kappa shape index (κ1) is 10.2. The average Bonchev–Trinajstić information content (AvgIpc) is 2.09. The third-order valence-corrected chi connectivity index (χ3v) is 1.98. The van der Waals surface area contributed by atoms with Crippen LogP contribution in [0, 0.1) is 6.92 Å². The Bertz CT molecular complexity index is 323. The van der Waals surface area contributed by atoms with Crippen molar-refractivity contribution < 1.29 is 14.6 Å². The van der Waals surface area contributed by atoms with Crippen molar-refractivity contribution in [1.29, 1.82) is 0 Å². The number of rotatable bonds is 2. The number of ether oxygens (including phenoxy) is 1. The van der Waals surface area contributed by atoms with Crippen LogP contribution in [-0.4, -0.2) is 17.7 Å². The molecule has 1 aromatic rings. The molecule has 4 heteroatoms. The minimum atomic E-state index is -0.648. The van der Waals surface area contributed by atoms with Gasteiger partial charge in [-0.05, 0) is 30.7 Å². The van der Waals surface area contributed by atoms with Gasteiger partial charge in [0.2, 0.25) is 0 Å². The number of halogens is 1. The highest BCUT2D eigenvalue weighted by atomic mass is 79.9. The molecule has 0 bridgehead atoms. The van der Waals surface area contributed by atoms with Crippen molar-refractivity contribution >= 4 is 21.9 Å². The third kappa shape index (κ3) is 2.82. The lowest BCUT2D eigenvalue weighted by Crippen LogP contribution is -2.12. The van der Waals surface area contributed by atoms with E-state index < -0.39 is 12.6 Å². The summed E-state index contributed by atoms with van der Waals surface area (Å²) in [7, 11) is 0. The molecule has 0 aromatic heterocycles. The zero-order valence-corrected chi connectivity index (χ0v) is 8.67. The maximum absolute atomic E-state index is 10.7. The van der Waals surface area contributed by atoms with E-state index in [1.807, 2.05) is 13.0 Å². The maximum atomic E-state index is 10.7. The molecule has 1 aromatic carbocycles. The molecular formula is C9H9BrO3. The highest BCUT2D eigenvalue weighted by molar-refractivity contribution is 9.10. The van der Waals surface area contributed by atoms with Crippen molar-refractivity contribution in [2.45, 2.75) is 6.92 Å². The summed E-state index contributed by atoms with van der Waals surface area (Å²) >= 11 is 3.29. The first-order valence-electron chi connectivity index (χ1n) is 3.71. The molecule has 0 radical (unpaired) electrons. The van der Waals surface area contributed by atoms with E-state index >= 15 is 0 Å². The molecule has 0 atom stereocenters. The second-order valence-electron chi connectivity index (χ2n) is 2.54. The Kier molecular flexibility index (Phi) is 3.45. The van der Waals surface area contributed by atoms with Gasteiger partial charge in [0.1, 0.15) is 12.4 Å². The van der Waals surface area contributed by atoms with Crippen molar-refractivity contribution in [2.24, 2.45) is 0 Å². The van der Waals surface area contributed by atoms with Crippen LogP contribution < -0.4 is 4.74 Å². The molecule has 0 spiro atoms. The number of benzene rings is 1. The van der Waals surface area contributed by atoms with E-state index in [-0.39, 0.29) is 0 Å². The fourth-order valence-corrected chi connectivity index (χ4v) is 1.36. The molecule has 0 saturated carbocycles. The van der Waals surface area contributed by atoms with Gasteiger partial charge in [0, 0.05) is 4.47 Å². The molecule has 0 heterocycles. The van der Waals surface area contributed by atoms with Crippen molar-refractivity contribution in [2.75, 3.05) is 6.61 Å². The van der Waals surface area contributed by atoms with Gasteiger partial charge in [-0.15, -0.1) is 0 Å². The smallest absolute Gasteiger partial charge is 0.337 e. The first-order chi connectivity index (χ1) is 6.13. The Labute approximate surface area is 84.5 Å². The predicted molar refractivity (Wildman–Crippen MR) is 51.6 cm³/mol. The number of esters is 1. The van der Waals surface area contributed by atoms with E-state index in [4.69, 9.17) is 9.84 Å². The summed E-state index contributed by atoms with van der Waals surface area (Å²) in [6, 6.07) is 5.28. The second kappa shape index (κ2) is 4.39. The lowest BCUT2D eigenvalue weighted by atomic mass is 10.2. The quantitative estimate of drug-likeness (QED) is 0.636. The van der Waals surface area contributed by atoms with E-state index in [1.165, 1.54) is 0 Å². The average molecular weight is 245 g/mol. The van der Waals surface area contributed by atoms with E-state index in [0.29, 0.717) is 5.75 Å². The van der Waals surface area contributed by atoms with E-state index in [0.717, 1.165) is 10.0 Å². The van der Waals surface area contributed by atoms with Crippen LogP contribution in [0.4, 0.5) is 0 Å². The van der Waals surface area contributed by atoms with Crippen molar-refractivity contribution in [3.63, 3.8) is 0 Å². The van der Waals surface area contributed by atoms with E-state index in [9.17, 15) is 4.79 Å². The van der Waals surface area contributed by atoms with Crippen LogP contribution in [0.25, 0.3) is 0 Å². The highest BCUT2D eigenvalue weighted by Crippen LogP contribution is 2.21. The van der Waals surface area contributed by atoms with E-state index in [1.54, 1.807) is 12.1 Å². The molecule has 1 N–H and O–H groups in total. The minimum Gasteiger partial charge on any atom is -0.425 e. The Balaban J connectivity index is 2.83. The van der Waals surface area contributed by atoms with Crippen LogP contribution in [0.1, 0.15) is 5.56 Å². The topological polar surface area (TPSA) is 46.5 Å². The van der Waals surface area contributed by atoms with Crippen LogP contribution in [-0.2, 0) is 4.79 Å². The fourth-order valence-electron chi connectivity index (χ4n) is 0.882. The van der Waals surface area contributed by atoms with Gasteiger partial charge in [-0.25, -0.2) is 4.79 Å². The normalized spacial score (nSPS) is 9.77. The lowest BCUT2D eigenvalue weighted by Gasteiger charge is -2.05. The molecule has 0 amide bonds. The minimum absolute atomic E-state index is 0.474. The van der Waals surface area contributed by atoms with Crippen LogP contribution in [0.15, 0.2) is 22.7 Å². The number of aryl methyl sites for hydroxylation is 1. The summed E-state index contributed by atoms with van der Waals surface area (Å²) in [5, 5.41) is 8.46. The molecule has 0 aliphatic rings. The molecular weight excluding hydrogens is 236 g/mol. The molecule has 1 rings (SSSR count). The first-order valence-corrected chi connectivity index (χ1v) is 4.50. The Morgan fingerprint density at radius 1 is 1.62 bits per heavy atom. The number of aliphatic hydroxyl groups is 1. The third-order valence-electron chi connectivity index (χ3n) is 1.49. The lowest BCUT2D eigenvalue weighted by molar-refractivity contribution is -0.137. The van der Waals surface area contributed by atoms with Crippen molar-refractivity contribution in [3.8, 4) is 5.75 Å². The number of carbonyl (C=O) groups excluding carboxylic acids is 1. The van der Waals surface area contributed by atoms with E-state index in [2.05, 4.69) is 15.9 Å². The van der Waals surface area contributed by atoms with Gasteiger partial charge >= 0.3 is 5.97 Å². The maximum Gasteiger partial charge on any atom is 0.337 e. The zero-order valence-electron chi connectivity index (χ0n) is 7.08. The summed E-state index contributed by atoms with van der Waals surface area (Å²) in [6.07, 6.45) is 0. The summed E-state index contributed by atoms with van der Waals surface area (Å²) in [6.45, 7) is 1.22. The molecule has 70 valence electrons. The van der Waals surface area contributed by atoms with Crippen LogP contribution in [0.5, 0.6) is 5.75 Å². The van der Waals surface area contributed by atoms with Gasteiger partial charge in [0.25, 0.3) is 0 Å². The number of carbonyl (C=O) groups is 1. The number of hydrogen-bond acceptors (Lipinski definition) is 3. The number of aliphatic hydroxyl groups excluding tert-OH is 1. The van der Waals surface area contributed by atoms with Gasteiger partial charge in [0.15, 0.2) is 0 Å². The summed E-state index contributed by atoms with van der Waals surface area (Å²) in [5.41, 5.74) is 0.844. The Morgan fingerprint density at radius 2 is 2.31 bits per heavy atom. The predicted octanol–water partition coefficient (Wildman–Crippen LogP) is 1.66. The van der Waals surface area contributed by atoms with Gasteiger partial charge in [-0.2, -0.15) is 0 Å². The molecule has 3 nitrogen and oxygen atoms in total. The molecule has 0 saturated heterocycles. The molecule has 0 unspecified atom stereocenters. The zero-order chi connectivity index (χ0) is 9.84.